The Bertz CT molecular complexity index is 925. The number of carbonyl (C=O) groups is 2. The van der Waals surface area contributed by atoms with Crippen LogP contribution in [0.1, 0.15) is 28.2 Å². The Morgan fingerprint density at radius 1 is 1.29 bits per heavy atom. The second-order valence-electron chi connectivity index (χ2n) is 5.46. The highest BCUT2D eigenvalue weighted by Gasteiger charge is 2.18. The van der Waals surface area contributed by atoms with Crippen molar-refractivity contribution in [3.8, 4) is 0 Å². The van der Waals surface area contributed by atoms with Crippen LogP contribution in [0.4, 0.5) is 5.69 Å². The number of nitrogens with zero attached hydrogens (tertiary/aromatic N) is 4. The van der Waals surface area contributed by atoms with Crippen LogP contribution in [0.3, 0.4) is 0 Å². The van der Waals surface area contributed by atoms with Crippen molar-refractivity contribution in [3.63, 3.8) is 0 Å². The van der Waals surface area contributed by atoms with Crippen molar-refractivity contribution < 1.29 is 14.7 Å². The van der Waals surface area contributed by atoms with Crippen LogP contribution < -0.4 is 5.32 Å². The second-order valence-corrected chi connectivity index (χ2v) is 5.46. The molecule has 0 atom stereocenters. The second kappa shape index (κ2) is 6.15. The number of fused-ring (bicyclic) bond motifs is 1. The summed E-state index contributed by atoms with van der Waals surface area (Å²) >= 11 is 0. The van der Waals surface area contributed by atoms with Crippen molar-refractivity contribution in [2.75, 3.05) is 5.32 Å². The van der Waals surface area contributed by atoms with Crippen LogP contribution >= 0.6 is 0 Å². The van der Waals surface area contributed by atoms with E-state index in [-0.39, 0.29) is 18.9 Å². The molecular formula is C16H17N5O3. The predicted octanol–water partition coefficient (Wildman–Crippen LogP) is 1.87. The van der Waals surface area contributed by atoms with E-state index in [1.54, 1.807) is 29.2 Å². The monoisotopic (exact) mass is 327 g/mol. The zero-order chi connectivity index (χ0) is 17.3. The smallest absolute Gasteiger partial charge is 0.305 e. The first-order valence-electron chi connectivity index (χ1n) is 7.47. The molecule has 3 heterocycles. The van der Waals surface area contributed by atoms with Gasteiger partial charge in [0, 0.05) is 6.20 Å². The summed E-state index contributed by atoms with van der Waals surface area (Å²) in [6, 6.07) is 5.49. The highest BCUT2D eigenvalue weighted by molar-refractivity contribution is 6.09. The summed E-state index contributed by atoms with van der Waals surface area (Å²) in [6.07, 6.45) is 3.26. The third-order valence-corrected chi connectivity index (χ3v) is 3.83. The first-order valence-corrected chi connectivity index (χ1v) is 7.47. The number of carbonyl (C=O) groups excluding carboxylic acids is 1. The molecule has 124 valence electrons. The Morgan fingerprint density at radius 3 is 2.83 bits per heavy atom. The third kappa shape index (κ3) is 2.85. The summed E-state index contributed by atoms with van der Waals surface area (Å²) in [5, 5.41) is 20.1. The molecule has 0 unspecified atom stereocenters. The largest absolute Gasteiger partial charge is 0.481 e. The number of carboxylic acids is 1. The van der Waals surface area contributed by atoms with Crippen molar-refractivity contribution in [2.24, 2.45) is 0 Å². The fourth-order valence-corrected chi connectivity index (χ4v) is 2.59. The van der Waals surface area contributed by atoms with E-state index in [9.17, 15) is 9.59 Å². The van der Waals surface area contributed by atoms with Gasteiger partial charge in [-0.25, -0.2) is 4.52 Å². The summed E-state index contributed by atoms with van der Waals surface area (Å²) in [4.78, 5) is 23.3. The van der Waals surface area contributed by atoms with Crippen LogP contribution in [0.15, 0.2) is 30.6 Å². The van der Waals surface area contributed by atoms with Gasteiger partial charge in [-0.1, -0.05) is 6.07 Å². The summed E-state index contributed by atoms with van der Waals surface area (Å²) in [7, 11) is 0. The molecule has 3 aromatic heterocycles. The van der Waals surface area contributed by atoms with Crippen LogP contribution in [0.5, 0.6) is 0 Å². The molecule has 3 rings (SSSR count). The number of aryl methyl sites for hydroxylation is 2. The van der Waals surface area contributed by atoms with E-state index in [1.807, 2.05) is 18.2 Å². The summed E-state index contributed by atoms with van der Waals surface area (Å²) in [5.74, 6) is -1.17. The minimum Gasteiger partial charge on any atom is -0.481 e. The number of hydrogen-bond acceptors (Lipinski definition) is 4. The molecule has 0 saturated carbocycles. The number of anilines is 1. The van der Waals surface area contributed by atoms with Crippen LogP contribution in [-0.2, 0) is 11.3 Å². The maximum Gasteiger partial charge on any atom is 0.305 e. The average Bonchev–Trinajstić information content (AvgIpc) is 3.09. The molecule has 0 aliphatic heterocycles. The van der Waals surface area contributed by atoms with Gasteiger partial charge in [0.05, 0.1) is 47.3 Å². The Morgan fingerprint density at radius 2 is 2.08 bits per heavy atom. The third-order valence-electron chi connectivity index (χ3n) is 3.83. The van der Waals surface area contributed by atoms with E-state index < -0.39 is 5.97 Å². The topological polar surface area (TPSA) is 102 Å². The van der Waals surface area contributed by atoms with Gasteiger partial charge < -0.3 is 10.4 Å². The number of nitrogens with one attached hydrogen (secondary N) is 1. The van der Waals surface area contributed by atoms with Crippen LogP contribution in [0.2, 0.25) is 0 Å². The Balaban J connectivity index is 1.85. The molecule has 0 saturated heterocycles. The zero-order valence-electron chi connectivity index (χ0n) is 13.4. The molecule has 0 bridgehead atoms. The Kier molecular flexibility index (Phi) is 4.03. The fraction of sp³-hybridized carbons (Fsp3) is 0.250. The van der Waals surface area contributed by atoms with E-state index in [4.69, 9.17) is 5.11 Å². The van der Waals surface area contributed by atoms with Crippen LogP contribution in [0, 0.1) is 13.8 Å². The lowest BCUT2D eigenvalue weighted by atomic mass is 10.2. The number of hydrogen-bond donors (Lipinski definition) is 2. The van der Waals surface area contributed by atoms with Crippen molar-refractivity contribution >= 4 is 23.1 Å². The molecule has 24 heavy (non-hydrogen) atoms. The van der Waals surface area contributed by atoms with Gasteiger partial charge in [0.2, 0.25) is 0 Å². The molecule has 3 aromatic rings. The molecule has 8 heteroatoms. The van der Waals surface area contributed by atoms with Crippen molar-refractivity contribution in [1.82, 2.24) is 19.4 Å². The molecule has 8 nitrogen and oxygen atoms in total. The molecule has 1 amide bonds. The van der Waals surface area contributed by atoms with Crippen LogP contribution in [0.25, 0.3) is 5.52 Å². The Labute approximate surface area is 137 Å². The van der Waals surface area contributed by atoms with Gasteiger partial charge in [0.1, 0.15) is 0 Å². The normalized spacial score (nSPS) is 10.9. The highest BCUT2D eigenvalue weighted by atomic mass is 16.4. The summed E-state index contributed by atoms with van der Waals surface area (Å²) in [5.41, 5.74) is 3.14. The molecule has 0 fully saturated rings. The average molecular weight is 327 g/mol. The molecule has 0 spiro atoms. The zero-order valence-corrected chi connectivity index (χ0v) is 13.4. The maximum absolute atomic E-state index is 12.6. The quantitative estimate of drug-likeness (QED) is 0.745. The number of aliphatic carboxylic acids is 1. The molecule has 0 aliphatic rings. The van der Waals surface area contributed by atoms with Gasteiger partial charge in [-0.3, -0.25) is 14.3 Å². The fourth-order valence-electron chi connectivity index (χ4n) is 2.59. The van der Waals surface area contributed by atoms with E-state index >= 15 is 0 Å². The maximum atomic E-state index is 12.6. The predicted molar refractivity (Wildman–Crippen MR) is 87.1 cm³/mol. The number of pyridine rings is 1. The van der Waals surface area contributed by atoms with E-state index in [0.29, 0.717) is 22.5 Å². The number of carboxylic acid groups (broad SMARTS) is 1. The van der Waals surface area contributed by atoms with Crippen molar-refractivity contribution in [1.29, 1.82) is 0 Å². The van der Waals surface area contributed by atoms with E-state index in [2.05, 4.69) is 15.5 Å². The van der Waals surface area contributed by atoms with E-state index in [0.717, 1.165) is 5.69 Å². The molecule has 0 aromatic carbocycles. The van der Waals surface area contributed by atoms with Gasteiger partial charge >= 0.3 is 5.97 Å². The minimum atomic E-state index is -0.889. The SMILES string of the molecule is Cc1nn(CCC(=O)O)c(C)c1NC(=O)c1cnn2ccccc12. The Hall–Kier alpha value is -3.16. The minimum absolute atomic E-state index is 0.0244. The van der Waals surface area contributed by atoms with Gasteiger partial charge in [0.25, 0.3) is 5.91 Å². The lowest BCUT2D eigenvalue weighted by molar-refractivity contribution is -0.137. The lowest BCUT2D eigenvalue weighted by Gasteiger charge is -2.06. The molecule has 2 N–H and O–H groups in total. The number of rotatable bonds is 5. The number of aromatic nitrogens is 4. The van der Waals surface area contributed by atoms with Gasteiger partial charge in [-0.15, -0.1) is 0 Å². The first-order chi connectivity index (χ1) is 11.5. The van der Waals surface area contributed by atoms with Gasteiger partial charge in [-0.2, -0.15) is 10.2 Å². The first kappa shape index (κ1) is 15.7. The lowest BCUT2D eigenvalue weighted by Crippen LogP contribution is -2.13. The highest BCUT2D eigenvalue weighted by Crippen LogP contribution is 2.21. The summed E-state index contributed by atoms with van der Waals surface area (Å²) < 4.78 is 3.22. The molecule has 0 radical (unpaired) electrons. The summed E-state index contributed by atoms with van der Waals surface area (Å²) in [6.45, 7) is 3.83. The van der Waals surface area contributed by atoms with Crippen molar-refractivity contribution in [2.45, 2.75) is 26.8 Å². The molecular weight excluding hydrogens is 310 g/mol. The van der Waals surface area contributed by atoms with E-state index in [1.165, 1.54) is 6.20 Å². The van der Waals surface area contributed by atoms with Gasteiger partial charge in [-0.05, 0) is 26.0 Å². The van der Waals surface area contributed by atoms with Crippen molar-refractivity contribution in [3.05, 3.63) is 47.5 Å². The standard InChI is InChI=1S/C16H17N5O3/c1-10-15(11(2)20(19-10)8-6-14(22)23)18-16(24)12-9-17-21-7-4-3-5-13(12)21/h3-5,7,9H,6,8H2,1-2H3,(H,18,24)(H,22,23). The number of amides is 1. The molecule has 0 aliphatic carbocycles. The van der Waals surface area contributed by atoms with Crippen LogP contribution in [-0.4, -0.2) is 36.4 Å². The van der Waals surface area contributed by atoms with Gasteiger partial charge in [0.15, 0.2) is 0 Å².